The first-order chi connectivity index (χ1) is 8.67. The van der Waals surface area contributed by atoms with Crippen LogP contribution in [0.25, 0.3) is 5.69 Å². The van der Waals surface area contributed by atoms with Gasteiger partial charge in [0.2, 0.25) is 0 Å². The summed E-state index contributed by atoms with van der Waals surface area (Å²) >= 11 is 0. The van der Waals surface area contributed by atoms with E-state index in [1.807, 2.05) is 17.7 Å². The van der Waals surface area contributed by atoms with Gasteiger partial charge in [0.05, 0.1) is 17.7 Å². The molecule has 0 saturated heterocycles. The summed E-state index contributed by atoms with van der Waals surface area (Å²) in [5.41, 5.74) is 0.756. The van der Waals surface area contributed by atoms with Crippen LogP contribution in [-0.4, -0.2) is 21.6 Å². The first-order valence-corrected chi connectivity index (χ1v) is 5.52. The van der Waals surface area contributed by atoms with E-state index in [9.17, 15) is 10.1 Å². The van der Waals surface area contributed by atoms with Gasteiger partial charge < -0.3 is 9.30 Å². The fourth-order valence-electron chi connectivity index (χ4n) is 1.80. The van der Waals surface area contributed by atoms with E-state index >= 15 is 0 Å². The van der Waals surface area contributed by atoms with Gasteiger partial charge in [-0.3, -0.25) is 10.1 Å². The number of methoxy groups -OCH3 is 1. The van der Waals surface area contributed by atoms with Gasteiger partial charge in [0.25, 0.3) is 0 Å². The number of imidazole rings is 1. The van der Waals surface area contributed by atoms with Crippen LogP contribution in [0.3, 0.4) is 0 Å². The lowest BCUT2D eigenvalue weighted by Crippen LogP contribution is -2.01. The molecule has 0 atom stereocenters. The van der Waals surface area contributed by atoms with E-state index in [0.717, 1.165) is 17.9 Å². The fraction of sp³-hybridized carbons (Fsp3) is 0.250. The first-order valence-electron chi connectivity index (χ1n) is 5.52. The normalized spacial score (nSPS) is 10.3. The van der Waals surface area contributed by atoms with Gasteiger partial charge in [-0.25, -0.2) is 4.98 Å². The summed E-state index contributed by atoms with van der Waals surface area (Å²) in [7, 11) is 1.42. The zero-order valence-electron chi connectivity index (χ0n) is 10.2. The highest BCUT2D eigenvalue weighted by molar-refractivity contribution is 5.53. The lowest BCUT2D eigenvalue weighted by Gasteiger charge is -2.08. The van der Waals surface area contributed by atoms with Gasteiger partial charge in [-0.2, -0.15) is 0 Å². The lowest BCUT2D eigenvalue weighted by molar-refractivity contribution is -0.385. The summed E-state index contributed by atoms with van der Waals surface area (Å²) in [5, 5.41) is 10.8. The molecular formula is C12H13N3O3. The van der Waals surface area contributed by atoms with Gasteiger partial charge in [-0.05, 0) is 6.07 Å². The Bertz CT molecular complexity index is 578. The Morgan fingerprint density at radius 3 is 2.89 bits per heavy atom. The molecule has 2 aromatic rings. The number of aromatic nitrogens is 2. The van der Waals surface area contributed by atoms with Crippen molar-refractivity contribution in [2.24, 2.45) is 0 Å². The number of hydrogen-bond donors (Lipinski definition) is 0. The van der Waals surface area contributed by atoms with Gasteiger partial charge in [0, 0.05) is 30.9 Å². The second kappa shape index (κ2) is 4.87. The van der Waals surface area contributed by atoms with Crippen molar-refractivity contribution in [2.75, 3.05) is 7.11 Å². The SMILES string of the molecule is CCc1nccn1-c1ccc([N+](=O)[O-])c(OC)c1. The van der Waals surface area contributed by atoms with E-state index in [1.54, 1.807) is 18.3 Å². The molecule has 0 bridgehead atoms. The quantitative estimate of drug-likeness (QED) is 0.614. The molecule has 6 nitrogen and oxygen atoms in total. The minimum absolute atomic E-state index is 0.0422. The van der Waals surface area contributed by atoms with Crippen molar-refractivity contribution in [3.8, 4) is 11.4 Å². The first kappa shape index (κ1) is 12.1. The van der Waals surface area contributed by atoms with Crippen LogP contribution in [0.5, 0.6) is 5.75 Å². The Morgan fingerprint density at radius 1 is 1.50 bits per heavy atom. The number of ether oxygens (including phenoxy) is 1. The Hall–Kier alpha value is -2.37. The van der Waals surface area contributed by atoms with Crippen LogP contribution < -0.4 is 4.74 Å². The lowest BCUT2D eigenvalue weighted by atomic mass is 10.2. The molecule has 0 aliphatic carbocycles. The van der Waals surface area contributed by atoms with Crippen LogP contribution in [0.2, 0.25) is 0 Å². The minimum atomic E-state index is -0.461. The molecule has 2 rings (SSSR count). The van der Waals surface area contributed by atoms with Crippen LogP contribution >= 0.6 is 0 Å². The zero-order valence-corrected chi connectivity index (χ0v) is 10.2. The smallest absolute Gasteiger partial charge is 0.311 e. The maximum atomic E-state index is 10.8. The third kappa shape index (κ3) is 2.04. The van der Waals surface area contributed by atoms with Gasteiger partial charge in [0.15, 0.2) is 5.75 Å². The van der Waals surface area contributed by atoms with Crippen molar-refractivity contribution < 1.29 is 9.66 Å². The van der Waals surface area contributed by atoms with Crippen molar-refractivity contribution in [3.05, 3.63) is 46.5 Å². The molecule has 1 aromatic heterocycles. The predicted molar refractivity (Wildman–Crippen MR) is 66.1 cm³/mol. The van der Waals surface area contributed by atoms with Gasteiger partial charge in [-0.1, -0.05) is 6.92 Å². The van der Waals surface area contributed by atoms with Gasteiger partial charge >= 0.3 is 5.69 Å². The predicted octanol–water partition coefficient (Wildman–Crippen LogP) is 2.35. The fourth-order valence-corrected chi connectivity index (χ4v) is 1.80. The second-order valence-corrected chi connectivity index (χ2v) is 3.68. The average molecular weight is 247 g/mol. The summed E-state index contributed by atoms with van der Waals surface area (Å²) in [4.78, 5) is 14.6. The van der Waals surface area contributed by atoms with Gasteiger partial charge in [-0.15, -0.1) is 0 Å². The van der Waals surface area contributed by atoms with E-state index in [2.05, 4.69) is 4.98 Å². The summed E-state index contributed by atoms with van der Waals surface area (Å²) in [6.45, 7) is 2.00. The molecule has 0 amide bonds. The molecule has 0 aliphatic heterocycles. The Labute approximate surface area is 104 Å². The number of hydrogen-bond acceptors (Lipinski definition) is 4. The number of benzene rings is 1. The standard InChI is InChI=1S/C12H13N3O3/c1-3-12-13-6-7-14(12)9-4-5-10(15(16)17)11(8-9)18-2/h4-8H,3H2,1-2H3. The Balaban J connectivity index is 2.51. The number of nitrogens with zero attached hydrogens (tertiary/aromatic N) is 3. The van der Waals surface area contributed by atoms with Crippen LogP contribution in [-0.2, 0) is 6.42 Å². The summed E-state index contributed by atoms with van der Waals surface area (Å²) in [6.07, 6.45) is 4.30. The van der Waals surface area contributed by atoms with Crippen molar-refractivity contribution in [1.82, 2.24) is 9.55 Å². The number of nitro benzene ring substituents is 1. The highest BCUT2D eigenvalue weighted by Crippen LogP contribution is 2.29. The molecule has 1 heterocycles. The highest BCUT2D eigenvalue weighted by Gasteiger charge is 2.15. The van der Waals surface area contributed by atoms with Crippen LogP contribution in [0.15, 0.2) is 30.6 Å². The maximum absolute atomic E-state index is 10.8. The van der Waals surface area contributed by atoms with Crippen LogP contribution in [0, 0.1) is 10.1 Å². The summed E-state index contributed by atoms with van der Waals surface area (Å²) in [5.74, 6) is 1.14. The Morgan fingerprint density at radius 2 is 2.28 bits per heavy atom. The monoisotopic (exact) mass is 247 g/mol. The molecule has 1 aromatic carbocycles. The molecule has 0 N–H and O–H groups in total. The Kier molecular flexibility index (Phi) is 3.27. The number of nitro groups is 1. The van der Waals surface area contributed by atoms with Crippen molar-refractivity contribution >= 4 is 5.69 Å². The minimum Gasteiger partial charge on any atom is -0.490 e. The molecule has 18 heavy (non-hydrogen) atoms. The second-order valence-electron chi connectivity index (χ2n) is 3.68. The average Bonchev–Trinajstić information content (AvgIpc) is 2.86. The molecule has 0 radical (unpaired) electrons. The number of aryl methyl sites for hydroxylation is 1. The molecule has 0 fully saturated rings. The maximum Gasteiger partial charge on any atom is 0.311 e. The van der Waals surface area contributed by atoms with Crippen molar-refractivity contribution in [3.63, 3.8) is 0 Å². The molecule has 6 heteroatoms. The van der Waals surface area contributed by atoms with Crippen LogP contribution in [0.1, 0.15) is 12.7 Å². The molecule has 94 valence electrons. The zero-order chi connectivity index (χ0) is 13.1. The van der Waals surface area contributed by atoms with Crippen molar-refractivity contribution in [1.29, 1.82) is 0 Å². The van der Waals surface area contributed by atoms with E-state index in [0.29, 0.717) is 0 Å². The van der Waals surface area contributed by atoms with E-state index in [1.165, 1.54) is 13.2 Å². The summed E-state index contributed by atoms with van der Waals surface area (Å²) in [6, 6.07) is 4.76. The molecule has 0 aliphatic rings. The van der Waals surface area contributed by atoms with E-state index in [-0.39, 0.29) is 11.4 Å². The molecule has 0 unspecified atom stereocenters. The van der Waals surface area contributed by atoms with E-state index in [4.69, 9.17) is 4.74 Å². The third-order valence-corrected chi connectivity index (χ3v) is 2.67. The highest BCUT2D eigenvalue weighted by atomic mass is 16.6. The van der Waals surface area contributed by atoms with Crippen molar-refractivity contribution in [2.45, 2.75) is 13.3 Å². The van der Waals surface area contributed by atoms with E-state index < -0.39 is 4.92 Å². The molecule has 0 saturated carbocycles. The van der Waals surface area contributed by atoms with Crippen LogP contribution in [0.4, 0.5) is 5.69 Å². The van der Waals surface area contributed by atoms with Gasteiger partial charge in [0.1, 0.15) is 5.82 Å². The number of rotatable bonds is 4. The third-order valence-electron chi connectivity index (χ3n) is 2.67. The molecular weight excluding hydrogens is 234 g/mol. The topological polar surface area (TPSA) is 70.2 Å². The largest absolute Gasteiger partial charge is 0.490 e. The summed E-state index contributed by atoms with van der Waals surface area (Å²) < 4.78 is 6.92. The molecule has 0 spiro atoms.